The summed E-state index contributed by atoms with van der Waals surface area (Å²) in [6, 6.07) is 7.55. The van der Waals surface area contributed by atoms with E-state index in [4.69, 9.17) is 0 Å². The summed E-state index contributed by atoms with van der Waals surface area (Å²) in [4.78, 5) is 18.0. The first-order valence-corrected chi connectivity index (χ1v) is 4.24. The van der Waals surface area contributed by atoms with Crippen molar-refractivity contribution in [2.24, 2.45) is 4.99 Å². The van der Waals surface area contributed by atoms with Crippen molar-refractivity contribution in [2.45, 2.75) is 6.92 Å². The van der Waals surface area contributed by atoms with Gasteiger partial charge in [-0.25, -0.2) is 4.79 Å². The van der Waals surface area contributed by atoms with E-state index in [0.717, 1.165) is 16.5 Å². The molecule has 0 bridgehead atoms. The Morgan fingerprint density at radius 2 is 2.21 bits per heavy atom. The smallest absolute Gasteiger partial charge is 0.240 e. The molecule has 14 heavy (non-hydrogen) atoms. The lowest BCUT2D eigenvalue weighted by Gasteiger charge is -2.00. The summed E-state index contributed by atoms with van der Waals surface area (Å²) in [7, 11) is 0. The number of aryl methyl sites for hydroxylation is 1. The quantitative estimate of drug-likeness (QED) is 0.504. The van der Waals surface area contributed by atoms with Crippen molar-refractivity contribution in [3.8, 4) is 0 Å². The maximum atomic E-state index is 10.2. The van der Waals surface area contributed by atoms with Gasteiger partial charge in [-0.2, -0.15) is 4.99 Å². The molecule has 0 fully saturated rings. The second-order valence-electron chi connectivity index (χ2n) is 3.05. The molecule has 0 aliphatic carbocycles. The maximum Gasteiger partial charge on any atom is 0.240 e. The largest absolute Gasteiger partial charge is 0.256 e. The van der Waals surface area contributed by atoms with E-state index in [1.165, 1.54) is 0 Å². The highest BCUT2D eigenvalue weighted by atomic mass is 16.1. The first kappa shape index (κ1) is 8.60. The molecule has 68 valence electrons. The number of benzene rings is 1. The number of nitrogens with zero attached hydrogens (tertiary/aromatic N) is 2. The molecule has 1 aromatic carbocycles. The minimum atomic E-state index is 0.619. The third kappa shape index (κ3) is 1.41. The Morgan fingerprint density at radius 3 is 3.00 bits per heavy atom. The SMILES string of the molecule is Cc1ccc2nccc(N=C=O)c2c1. The summed E-state index contributed by atoms with van der Waals surface area (Å²) in [5.41, 5.74) is 2.58. The molecule has 0 aliphatic heterocycles. The zero-order chi connectivity index (χ0) is 9.97. The number of aromatic nitrogens is 1. The van der Waals surface area contributed by atoms with Gasteiger partial charge in [-0.05, 0) is 25.1 Å². The first-order valence-electron chi connectivity index (χ1n) is 4.24. The number of pyridine rings is 1. The summed E-state index contributed by atoms with van der Waals surface area (Å²) in [5, 5.41) is 0.885. The molecule has 3 nitrogen and oxygen atoms in total. The zero-order valence-electron chi connectivity index (χ0n) is 7.69. The van der Waals surface area contributed by atoms with Crippen LogP contribution in [0.4, 0.5) is 5.69 Å². The van der Waals surface area contributed by atoms with Crippen LogP contribution < -0.4 is 0 Å². The minimum absolute atomic E-state index is 0.619. The molecule has 0 amide bonds. The molecule has 0 spiro atoms. The molecular weight excluding hydrogens is 176 g/mol. The van der Waals surface area contributed by atoms with E-state index < -0.39 is 0 Å². The van der Waals surface area contributed by atoms with Crippen molar-refractivity contribution in [1.82, 2.24) is 4.98 Å². The number of hydrogen-bond acceptors (Lipinski definition) is 3. The van der Waals surface area contributed by atoms with Gasteiger partial charge in [0.1, 0.15) is 0 Å². The Hall–Kier alpha value is -1.99. The topological polar surface area (TPSA) is 42.3 Å². The lowest BCUT2D eigenvalue weighted by molar-refractivity contribution is 0.565. The Balaban J connectivity index is 2.83. The van der Waals surface area contributed by atoms with Crippen LogP contribution in [0.2, 0.25) is 0 Å². The van der Waals surface area contributed by atoms with Gasteiger partial charge in [0, 0.05) is 11.6 Å². The summed E-state index contributed by atoms with van der Waals surface area (Å²) in [6.45, 7) is 1.99. The second kappa shape index (κ2) is 3.40. The standard InChI is InChI=1S/C11H8N2O/c1-8-2-3-10-9(6-8)11(13-7-14)4-5-12-10/h2-6H,1H3. The van der Waals surface area contributed by atoms with Crippen molar-refractivity contribution in [2.75, 3.05) is 0 Å². The summed E-state index contributed by atoms with van der Waals surface area (Å²) < 4.78 is 0. The number of fused-ring (bicyclic) bond motifs is 1. The van der Waals surface area contributed by atoms with Crippen LogP contribution in [-0.2, 0) is 4.79 Å². The Labute approximate surface area is 81.1 Å². The molecule has 0 radical (unpaired) electrons. The van der Waals surface area contributed by atoms with Crippen LogP contribution in [0.15, 0.2) is 35.5 Å². The molecule has 1 aromatic heterocycles. The number of hydrogen-bond donors (Lipinski definition) is 0. The molecular formula is C11H8N2O. The van der Waals surface area contributed by atoms with E-state index >= 15 is 0 Å². The number of rotatable bonds is 1. The molecule has 0 N–H and O–H groups in total. The summed E-state index contributed by atoms with van der Waals surface area (Å²) in [6.07, 6.45) is 3.18. The van der Waals surface area contributed by atoms with Gasteiger partial charge in [0.2, 0.25) is 6.08 Å². The van der Waals surface area contributed by atoms with Crippen LogP contribution >= 0.6 is 0 Å². The van der Waals surface area contributed by atoms with Gasteiger partial charge in [0.15, 0.2) is 0 Å². The van der Waals surface area contributed by atoms with Gasteiger partial charge in [-0.1, -0.05) is 11.6 Å². The number of aliphatic imine (C=N–C) groups is 1. The molecule has 2 rings (SSSR count). The zero-order valence-corrected chi connectivity index (χ0v) is 7.69. The third-order valence-corrected chi connectivity index (χ3v) is 2.04. The van der Waals surface area contributed by atoms with Crippen LogP contribution in [0.3, 0.4) is 0 Å². The highest BCUT2D eigenvalue weighted by molar-refractivity contribution is 5.90. The van der Waals surface area contributed by atoms with Crippen LogP contribution in [0, 0.1) is 6.92 Å². The Kier molecular flexibility index (Phi) is 2.09. The van der Waals surface area contributed by atoms with Crippen LogP contribution in [0.25, 0.3) is 10.9 Å². The highest BCUT2D eigenvalue weighted by Gasteiger charge is 2.00. The molecule has 0 saturated carbocycles. The van der Waals surface area contributed by atoms with Crippen LogP contribution in [0.5, 0.6) is 0 Å². The van der Waals surface area contributed by atoms with E-state index in [-0.39, 0.29) is 0 Å². The molecule has 2 aromatic rings. The van der Waals surface area contributed by atoms with Crippen LogP contribution in [0.1, 0.15) is 5.56 Å². The average molecular weight is 184 g/mol. The molecule has 0 aliphatic rings. The van der Waals surface area contributed by atoms with Gasteiger partial charge in [0.05, 0.1) is 11.2 Å². The Morgan fingerprint density at radius 1 is 1.36 bits per heavy atom. The van der Waals surface area contributed by atoms with Crippen molar-refractivity contribution < 1.29 is 4.79 Å². The van der Waals surface area contributed by atoms with Crippen molar-refractivity contribution >= 4 is 22.7 Å². The molecule has 3 heteroatoms. The average Bonchev–Trinajstić information content (AvgIpc) is 2.19. The third-order valence-electron chi connectivity index (χ3n) is 2.04. The number of isocyanates is 1. The van der Waals surface area contributed by atoms with E-state index in [1.54, 1.807) is 18.3 Å². The number of carbonyl (C=O) groups excluding carboxylic acids is 1. The normalized spacial score (nSPS) is 9.79. The Bertz CT molecular complexity index is 528. The van der Waals surface area contributed by atoms with Gasteiger partial charge < -0.3 is 0 Å². The molecule has 0 atom stereocenters. The van der Waals surface area contributed by atoms with E-state index in [2.05, 4.69) is 9.98 Å². The molecule has 1 heterocycles. The van der Waals surface area contributed by atoms with Crippen molar-refractivity contribution in [1.29, 1.82) is 0 Å². The van der Waals surface area contributed by atoms with Crippen LogP contribution in [-0.4, -0.2) is 11.1 Å². The van der Waals surface area contributed by atoms with Gasteiger partial charge >= 0.3 is 0 Å². The maximum absolute atomic E-state index is 10.2. The fourth-order valence-electron chi connectivity index (χ4n) is 1.39. The predicted molar refractivity (Wildman–Crippen MR) is 54.3 cm³/mol. The van der Waals surface area contributed by atoms with Crippen molar-refractivity contribution in [3.05, 3.63) is 36.0 Å². The monoisotopic (exact) mass is 184 g/mol. The van der Waals surface area contributed by atoms with Gasteiger partial charge in [0.25, 0.3) is 0 Å². The van der Waals surface area contributed by atoms with Gasteiger partial charge in [-0.3, -0.25) is 4.98 Å². The first-order chi connectivity index (χ1) is 6.81. The molecule has 0 unspecified atom stereocenters. The van der Waals surface area contributed by atoms with E-state index in [0.29, 0.717) is 5.69 Å². The van der Waals surface area contributed by atoms with E-state index in [1.807, 2.05) is 25.1 Å². The summed E-state index contributed by atoms with van der Waals surface area (Å²) >= 11 is 0. The van der Waals surface area contributed by atoms with E-state index in [9.17, 15) is 4.79 Å². The lowest BCUT2D eigenvalue weighted by Crippen LogP contribution is -1.80. The fourth-order valence-corrected chi connectivity index (χ4v) is 1.39. The van der Waals surface area contributed by atoms with Gasteiger partial charge in [-0.15, -0.1) is 0 Å². The molecule has 0 saturated heterocycles. The predicted octanol–water partition coefficient (Wildman–Crippen LogP) is 2.51. The summed E-state index contributed by atoms with van der Waals surface area (Å²) in [5.74, 6) is 0. The highest BCUT2D eigenvalue weighted by Crippen LogP contribution is 2.24. The fraction of sp³-hybridized carbons (Fsp3) is 0.0909. The van der Waals surface area contributed by atoms with Crippen molar-refractivity contribution in [3.63, 3.8) is 0 Å². The minimum Gasteiger partial charge on any atom is -0.256 e. The second-order valence-corrected chi connectivity index (χ2v) is 3.05. The lowest BCUT2D eigenvalue weighted by atomic mass is 10.1.